The van der Waals surface area contributed by atoms with Crippen LogP contribution in [0.15, 0.2) is 84.9 Å². The number of aromatic nitrogens is 3. The SMILES string of the molecule is Cc1ccc(-c2nc(-c3ccc(C)cc3)nc(-c3cc4ccccc4cc3B(O)O)n2)cc1. The molecule has 33 heavy (non-hydrogen) atoms. The van der Waals surface area contributed by atoms with Gasteiger partial charge in [0.15, 0.2) is 17.5 Å². The minimum absolute atomic E-state index is 0.351. The van der Waals surface area contributed by atoms with Crippen molar-refractivity contribution in [1.82, 2.24) is 15.0 Å². The third kappa shape index (κ3) is 4.26. The maximum atomic E-state index is 10.1. The summed E-state index contributed by atoms with van der Waals surface area (Å²) in [6.07, 6.45) is 0. The fourth-order valence-electron chi connectivity index (χ4n) is 3.83. The average molecular weight is 431 g/mol. The molecule has 2 N–H and O–H groups in total. The molecule has 0 spiro atoms. The molecular formula is C27H22BN3O2. The summed E-state index contributed by atoms with van der Waals surface area (Å²) in [5.41, 5.74) is 4.94. The second kappa shape index (κ2) is 8.58. The van der Waals surface area contributed by atoms with Gasteiger partial charge in [0.2, 0.25) is 0 Å². The molecular weight excluding hydrogens is 409 g/mol. The molecule has 0 unspecified atom stereocenters. The molecule has 0 aliphatic carbocycles. The van der Waals surface area contributed by atoms with Gasteiger partial charge in [0.05, 0.1) is 0 Å². The number of benzene rings is 4. The summed E-state index contributed by atoms with van der Waals surface area (Å²) in [7, 11) is -1.66. The monoisotopic (exact) mass is 431 g/mol. The third-order valence-electron chi connectivity index (χ3n) is 5.69. The number of rotatable bonds is 4. The van der Waals surface area contributed by atoms with Crippen LogP contribution in [0.4, 0.5) is 0 Å². The third-order valence-corrected chi connectivity index (χ3v) is 5.69. The standard InChI is InChI=1S/C27H22BN3O2/c1-17-7-11-19(12-8-17)25-29-26(20-13-9-18(2)10-14-20)31-27(30-25)23-15-21-5-3-4-6-22(21)16-24(23)28(32)33/h3-16,32-33H,1-2H3. The van der Waals surface area contributed by atoms with Gasteiger partial charge in [-0.05, 0) is 36.1 Å². The van der Waals surface area contributed by atoms with Gasteiger partial charge in [-0.3, -0.25) is 0 Å². The molecule has 1 aromatic heterocycles. The molecule has 0 radical (unpaired) electrons. The van der Waals surface area contributed by atoms with E-state index in [-0.39, 0.29) is 0 Å². The summed E-state index contributed by atoms with van der Waals surface area (Å²) in [5, 5.41) is 22.2. The fourth-order valence-corrected chi connectivity index (χ4v) is 3.83. The molecule has 0 bridgehead atoms. The van der Waals surface area contributed by atoms with E-state index in [9.17, 15) is 10.0 Å². The molecule has 0 fully saturated rings. The second-order valence-electron chi connectivity index (χ2n) is 8.20. The van der Waals surface area contributed by atoms with Crippen LogP contribution in [0.5, 0.6) is 0 Å². The van der Waals surface area contributed by atoms with E-state index in [0.717, 1.165) is 33.0 Å². The van der Waals surface area contributed by atoms with Crippen LogP contribution in [0.1, 0.15) is 11.1 Å². The first kappa shape index (κ1) is 21.0. The molecule has 5 rings (SSSR count). The summed E-state index contributed by atoms with van der Waals surface area (Å²) < 4.78 is 0. The Bertz CT molecular complexity index is 1390. The lowest BCUT2D eigenvalue weighted by atomic mass is 9.75. The van der Waals surface area contributed by atoms with Crippen molar-refractivity contribution in [2.75, 3.05) is 0 Å². The van der Waals surface area contributed by atoms with Gasteiger partial charge in [0, 0.05) is 16.7 Å². The number of aryl methyl sites for hydroxylation is 2. The molecule has 160 valence electrons. The molecule has 0 aliphatic heterocycles. The molecule has 1 heterocycles. The predicted molar refractivity (Wildman–Crippen MR) is 133 cm³/mol. The van der Waals surface area contributed by atoms with Crippen LogP contribution in [0.2, 0.25) is 0 Å². The molecule has 0 saturated carbocycles. The Morgan fingerprint density at radius 2 is 1.03 bits per heavy atom. The summed E-state index contributed by atoms with van der Waals surface area (Å²) in [6, 6.07) is 27.5. The highest BCUT2D eigenvalue weighted by molar-refractivity contribution is 6.60. The Balaban J connectivity index is 1.77. The zero-order valence-corrected chi connectivity index (χ0v) is 18.4. The molecule has 0 saturated heterocycles. The molecule has 6 heteroatoms. The van der Waals surface area contributed by atoms with Gasteiger partial charge in [0.25, 0.3) is 0 Å². The largest absolute Gasteiger partial charge is 0.489 e. The summed E-state index contributed by atoms with van der Waals surface area (Å²) >= 11 is 0. The van der Waals surface area contributed by atoms with Gasteiger partial charge >= 0.3 is 7.12 Å². The normalized spacial score (nSPS) is 11.0. The highest BCUT2D eigenvalue weighted by atomic mass is 16.4. The lowest BCUT2D eigenvalue weighted by molar-refractivity contribution is 0.426. The van der Waals surface area contributed by atoms with Crippen molar-refractivity contribution in [3.63, 3.8) is 0 Å². The number of hydrogen-bond acceptors (Lipinski definition) is 5. The smallest absolute Gasteiger partial charge is 0.423 e. The van der Waals surface area contributed by atoms with Gasteiger partial charge in [0.1, 0.15) is 0 Å². The van der Waals surface area contributed by atoms with Crippen molar-refractivity contribution < 1.29 is 10.0 Å². The highest BCUT2D eigenvalue weighted by Gasteiger charge is 2.21. The van der Waals surface area contributed by atoms with E-state index >= 15 is 0 Å². The van der Waals surface area contributed by atoms with Crippen molar-refractivity contribution in [2.24, 2.45) is 0 Å². The quantitative estimate of drug-likeness (QED) is 0.415. The number of fused-ring (bicyclic) bond motifs is 1. The number of nitrogens with zero attached hydrogens (tertiary/aromatic N) is 3. The Morgan fingerprint density at radius 3 is 1.52 bits per heavy atom. The van der Waals surface area contributed by atoms with Crippen LogP contribution >= 0.6 is 0 Å². The molecule has 4 aromatic carbocycles. The van der Waals surface area contributed by atoms with Gasteiger partial charge in [-0.25, -0.2) is 15.0 Å². The Labute approximate surface area is 192 Å². The van der Waals surface area contributed by atoms with E-state index in [0.29, 0.717) is 28.5 Å². The van der Waals surface area contributed by atoms with E-state index in [2.05, 4.69) is 0 Å². The highest BCUT2D eigenvalue weighted by Crippen LogP contribution is 2.26. The Kier molecular flexibility index (Phi) is 5.46. The van der Waals surface area contributed by atoms with Gasteiger partial charge in [-0.15, -0.1) is 0 Å². The maximum Gasteiger partial charge on any atom is 0.489 e. The van der Waals surface area contributed by atoms with Gasteiger partial charge < -0.3 is 10.0 Å². The lowest BCUT2D eigenvalue weighted by Crippen LogP contribution is -2.32. The van der Waals surface area contributed by atoms with Crippen LogP contribution < -0.4 is 5.46 Å². The van der Waals surface area contributed by atoms with Crippen molar-refractivity contribution in [3.8, 4) is 34.2 Å². The average Bonchev–Trinajstić information content (AvgIpc) is 2.84. The van der Waals surface area contributed by atoms with Crippen LogP contribution in [-0.2, 0) is 0 Å². The zero-order chi connectivity index (χ0) is 22.9. The van der Waals surface area contributed by atoms with Gasteiger partial charge in [-0.1, -0.05) is 90.0 Å². The lowest BCUT2D eigenvalue weighted by Gasteiger charge is -2.13. The molecule has 5 aromatic rings. The summed E-state index contributed by atoms with van der Waals surface area (Å²) in [5.74, 6) is 1.45. The van der Waals surface area contributed by atoms with Crippen LogP contribution in [0.3, 0.4) is 0 Å². The van der Waals surface area contributed by atoms with E-state index in [1.807, 2.05) is 92.7 Å². The topological polar surface area (TPSA) is 79.1 Å². The first-order valence-electron chi connectivity index (χ1n) is 10.8. The first-order valence-corrected chi connectivity index (χ1v) is 10.8. The van der Waals surface area contributed by atoms with Crippen molar-refractivity contribution in [2.45, 2.75) is 13.8 Å². The van der Waals surface area contributed by atoms with Crippen molar-refractivity contribution in [1.29, 1.82) is 0 Å². The first-order chi connectivity index (χ1) is 16.0. The molecule has 0 atom stereocenters. The predicted octanol–water partition coefficient (Wildman–Crippen LogP) is 4.32. The van der Waals surface area contributed by atoms with E-state index < -0.39 is 7.12 Å². The molecule has 0 amide bonds. The van der Waals surface area contributed by atoms with E-state index in [1.54, 1.807) is 6.07 Å². The van der Waals surface area contributed by atoms with Crippen molar-refractivity contribution >= 4 is 23.4 Å². The van der Waals surface area contributed by atoms with Crippen LogP contribution in [0.25, 0.3) is 44.9 Å². The summed E-state index contributed by atoms with van der Waals surface area (Å²) in [4.78, 5) is 14.3. The maximum absolute atomic E-state index is 10.1. The van der Waals surface area contributed by atoms with Crippen molar-refractivity contribution in [3.05, 3.63) is 96.1 Å². The Morgan fingerprint density at radius 1 is 0.576 bits per heavy atom. The Hall–Kier alpha value is -3.87. The second-order valence-corrected chi connectivity index (χ2v) is 8.20. The van der Waals surface area contributed by atoms with Crippen LogP contribution in [0, 0.1) is 13.8 Å². The number of hydrogen-bond donors (Lipinski definition) is 2. The fraction of sp³-hybridized carbons (Fsp3) is 0.0741. The van der Waals surface area contributed by atoms with E-state index in [4.69, 9.17) is 15.0 Å². The van der Waals surface area contributed by atoms with E-state index in [1.165, 1.54) is 0 Å². The van der Waals surface area contributed by atoms with Crippen LogP contribution in [-0.4, -0.2) is 32.1 Å². The van der Waals surface area contributed by atoms with Gasteiger partial charge in [-0.2, -0.15) is 0 Å². The molecule has 5 nitrogen and oxygen atoms in total. The zero-order valence-electron chi connectivity index (χ0n) is 18.4. The minimum atomic E-state index is -1.66. The minimum Gasteiger partial charge on any atom is -0.423 e. The summed E-state index contributed by atoms with van der Waals surface area (Å²) in [6.45, 7) is 4.06. The molecule has 0 aliphatic rings.